The number of thiophene rings is 1. The van der Waals surface area contributed by atoms with Gasteiger partial charge in [0.05, 0.1) is 16.4 Å². The highest BCUT2D eigenvalue weighted by Crippen LogP contribution is 2.35. The highest BCUT2D eigenvalue weighted by atomic mass is 35.5. The Morgan fingerprint density at radius 3 is 2.45 bits per heavy atom. The molecule has 0 fully saturated rings. The maximum atomic E-state index is 11.4. The fourth-order valence-electron chi connectivity index (χ4n) is 2.09. The largest absolute Gasteiger partial charge is 0.316 e. The molecule has 2 N–H and O–H groups in total. The quantitative estimate of drug-likeness (QED) is 0.565. The van der Waals surface area contributed by atoms with Crippen LogP contribution in [0.4, 0.5) is 0 Å². The first-order valence-corrected chi connectivity index (χ1v) is 7.32. The number of benzene rings is 1. The van der Waals surface area contributed by atoms with Crippen molar-refractivity contribution in [1.82, 2.24) is 9.97 Å². The predicted octanol–water partition coefficient (Wildman–Crippen LogP) is 2.91. The van der Waals surface area contributed by atoms with Crippen LogP contribution in [-0.2, 0) is 0 Å². The molecule has 4 nitrogen and oxygen atoms in total. The van der Waals surface area contributed by atoms with E-state index in [1.165, 1.54) is 0 Å². The summed E-state index contributed by atoms with van der Waals surface area (Å²) >= 11 is 8.10. The van der Waals surface area contributed by atoms with Gasteiger partial charge in [0.1, 0.15) is 0 Å². The van der Waals surface area contributed by atoms with E-state index < -0.39 is 11.1 Å². The summed E-state index contributed by atoms with van der Waals surface area (Å²) < 4.78 is 0. The van der Waals surface area contributed by atoms with Gasteiger partial charge in [0.25, 0.3) is 0 Å². The van der Waals surface area contributed by atoms with E-state index in [4.69, 9.17) is 11.6 Å². The first kappa shape index (κ1) is 13.1. The Bertz CT molecular complexity index is 894. The van der Waals surface area contributed by atoms with Crippen molar-refractivity contribution in [2.45, 2.75) is 12.3 Å². The molecule has 1 atom stereocenters. The number of hydrogen-bond acceptors (Lipinski definition) is 3. The molecule has 1 unspecified atom stereocenters. The fourth-order valence-corrected chi connectivity index (χ4v) is 3.48. The lowest BCUT2D eigenvalue weighted by Crippen LogP contribution is -2.28. The van der Waals surface area contributed by atoms with E-state index in [9.17, 15) is 9.59 Å². The lowest BCUT2D eigenvalue weighted by molar-refractivity contribution is 1.12. The third-order valence-corrected chi connectivity index (χ3v) is 4.85. The first-order chi connectivity index (χ1) is 9.56. The summed E-state index contributed by atoms with van der Waals surface area (Å²) in [5.74, 6) is 0. The molecule has 0 radical (unpaired) electrons. The van der Waals surface area contributed by atoms with E-state index in [0.29, 0.717) is 11.0 Å². The molecule has 1 aromatic carbocycles. The van der Waals surface area contributed by atoms with Gasteiger partial charge in [-0.05, 0) is 41.6 Å². The Labute approximate surface area is 123 Å². The average Bonchev–Trinajstić information content (AvgIpc) is 2.85. The maximum Gasteiger partial charge on any atom is 0.314 e. The minimum atomic E-state index is -0.659. The van der Waals surface area contributed by atoms with Gasteiger partial charge in [0, 0.05) is 4.88 Å². The molecule has 0 amide bonds. The lowest BCUT2D eigenvalue weighted by Gasteiger charge is -2.10. The van der Waals surface area contributed by atoms with Crippen molar-refractivity contribution in [3.63, 3.8) is 0 Å². The Kier molecular flexibility index (Phi) is 3.23. The molecular weight excluding hydrogens is 296 g/mol. The molecule has 3 rings (SSSR count). The van der Waals surface area contributed by atoms with E-state index in [0.717, 1.165) is 16.0 Å². The van der Waals surface area contributed by atoms with Crippen molar-refractivity contribution in [3.8, 4) is 0 Å². The second-order valence-corrected chi connectivity index (χ2v) is 5.93. The van der Waals surface area contributed by atoms with Crippen LogP contribution in [0.15, 0.2) is 39.2 Å². The van der Waals surface area contributed by atoms with Crippen LogP contribution in [0.5, 0.6) is 0 Å². The second kappa shape index (κ2) is 4.92. The van der Waals surface area contributed by atoms with Crippen LogP contribution in [-0.4, -0.2) is 9.97 Å². The van der Waals surface area contributed by atoms with Crippen molar-refractivity contribution in [1.29, 1.82) is 0 Å². The van der Waals surface area contributed by atoms with Gasteiger partial charge < -0.3 is 9.97 Å². The van der Waals surface area contributed by atoms with Gasteiger partial charge >= 0.3 is 11.1 Å². The fraction of sp³-hybridized carbons (Fsp3) is 0.143. The van der Waals surface area contributed by atoms with Crippen LogP contribution in [0, 0.1) is 6.92 Å². The van der Waals surface area contributed by atoms with Crippen LogP contribution in [0.3, 0.4) is 0 Å². The zero-order chi connectivity index (χ0) is 14.3. The smallest absolute Gasteiger partial charge is 0.314 e. The normalized spacial score (nSPS) is 12.7. The number of hydrogen-bond donors (Lipinski definition) is 2. The van der Waals surface area contributed by atoms with E-state index in [1.54, 1.807) is 23.5 Å². The maximum absolute atomic E-state index is 11.4. The van der Waals surface area contributed by atoms with Gasteiger partial charge in [-0.2, -0.15) is 0 Å². The van der Waals surface area contributed by atoms with Crippen LogP contribution < -0.4 is 11.1 Å². The molecule has 2 heterocycles. The number of H-pyrrole nitrogens is 2. The Hall–Kier alpha value is -1.85. The Balaban J connectivity index is 2.14. The number of aromatic amines is 2. The molecule has 20 heavy (non-hydrogen) atoms. The molecule has 3 aromatic rings. The van der Waals surface area contributed by atoms with Crippen molar-refractivity contribution in [2.75, 3.05) is 0 Å². The van der Waals surface area contributed by atoms with Gasteiger partial charge in [0.2, 0.25) is 0 Å². The number of halogens is 1. The molecule has 0 spiro atoms. The highest BCUT2D eigenvalue weighted by Gasteiger charge is 2.15. The van der Waals surface area contributed by atoms with Crippen LogP contribution in [0.25, 0.3) is 11.0 Å². The number of nitrogens with one attached hydrogen (secondary N) is 2. The number of aromatic nitrogens is 2. The molecule has 0 saturated carbocycles. The van der Waals surface area contributed by atoms with Crippen molar-refractivity contribution in [2.24, 2.45) is 0 Å². The molecule has 0 aliphatic rings. The molecule has 2 aromatic heterocycles. The van der Waals surface area contributed by atoms with Crippen LogP contribution >= 0.6 is 22.9 Å². The minimum Gasteiger partial charge on any atom is -0.316 e. The SMILES string of the molecule is Cc1ccsc1C(Cl)c1ccc2[nH]c(=O)c(=O)[nH]c2c1. The van der Waals surface area contributed by atoms with Crippen LogP contribution in [0.1, 0.15) is 21.4 Å². The number of aryl methyl sites for hydroxylation is 1. The average molecular weight is 307 g/mol. The van der Waals surface area contributed by atoms with Crippen molar-refractivity contribution < 1.29 is 0 Å². The summed E-state index contributed by atoms with van der Waals surface area (Å²) in [5.41, 5.74) is 1.88. The molecule has 0 bridgehead atoms. The number of fused-ring (bicyclic) bond motifs is 1. The predicted molar refractivity (Wildman–Crippen MR) is 81.9 cm³/mol. The summed E-state index contributed by atoms with van der Waals surface area (Å²) in [6.07, 6.45) is 0. The zero-order valence-electron chi connectivity index (χ0n) is 10.6. The summed E-state index contributed by atoms with van der Waals surface area (Å²) in [6, 6.07) is 7.42. The van der Waals surface area contributed by atoms with E-state index >= 15 is 0 Å². The van der Waals surface area contributed by atoms with Crippen molar-refractivity contribution in [3.05, 3.63) is 66.4 Å². The lowest BCUT2D eigenvalue weighted by atomic mass is 10.1. The first-order valence-electron chi connectivity index (χ1n) is 6.00. The zero-order valence-corrected chi connectivity index (χ0v) is 12.1. The summed E-state index contributed by atoms with van der Waals surface area (Å²) in [4.78, 5) is 28.8. The van der Waals surface area contributed by atoms with Gasteiger partial charge in [-0.3, -0.25) is 9.59 Å². The molecule has 0 aliphatic heterocycles. The summed E-state index contributed by atoms with van der Waals surface area (Å²) in [5, 5.41) is 1.73. The molecule has 102 valence electrons. The van der Waals surface area contributed by atoms with Crippen LogP contribution in [0.2, 0.25) is 0 Å². The minimum absolute atomic E-state index is 0.269. The van der Waals surface area contributed by atoms with Gasteiger partial charge in [-0.1, -0.05) is 6.07 Å². The summed E-state index contributed by atoms with van der Waals surface area (Å²) in [6.45, 7) is 2.02. The number of rotatable bonds is 2. The van der Waals surface area contributed by atoms with E-state index in [-0.39, 0.29) is 5.38 Å². The van der Waals surface area contributed by atoms with Gasteiger partial charge in [-0.25, -0.2) is 0 Å². The Morgan fingerprint density at radius 1 is 1.10 bits per heavy atom. The molecule has 0 aliphatic carbocycles. The molecular formula is C14H11ClN2O2S. The third kappa shape index (κ3) is 2.19. The van der Waals surface area contributed by atoms with Gasteiger partial charge in [0.15, 0.2) is 0 Å². The number of alkyl halides is 1. The Morgan fingerprint density at radius 2 is 1.80 bits per heavy atom. The standard InChI is InChI=1S/C14H11ClN2O2S/c1-7-4-5-20-12(7)11(15)8-2-3-9-10(6-8)17-14(19)13(18)16-9/h2-6,11H,1H3,(H,16,18)(H,17,19). The second-order valence-electron chi connectivity index (χ2n) is 4.54. The van der Waals surface area contributed by atoms with Gasteiger partial charge in [-0.15, -0.1) is 22.9 Å². The third-order valence-electron chi connectivity index (χ3n) is 3.17. The molecule has 6 heteroatoms. The summed E-state index contributed by atoms with van der Waals surface area (Å²) in [7, 11) is 0. The van der Waals surface area contributed by atoms with E-state index in [2.05, 4.69) is 9.97 Å². The highest BCUT2D eigenvalue weighted by molar-refractivity contribution is 7.10. The van der Waals surface area contributed by atoms with E-state index in [1.807, 2.05) is 24.4 Å². The topological polar surface area (TPSA) is 65.7 Å². The monoisotopic (exact) mass is 306 g/mol. The molecule has 0 saturated heterocycles. The van der Waals surface area contributed by atoms with Crippen molar-refractivity contribution >= 4 is 34.0 Å².